The number of nitrogens with zero attached hydrogens (tertiary/aromatic N) is 1. The molecule has 0 atom stereocenters. The van der Waals surface area contributed by atoms with Crippen LogP contribution in [-0.2, 0) is 6.54 Å². The zero-order chi connectivity index (χ0) is 13.8. The fourth-order valence-corrected chi connectivity index (χ4v) is 2.28. The van der Waals surface area contributed by atoms with Crippen molar-refractivity contribution in [3.63, 3.8) is 0 Å². The number of ketones is 1. The van der Waals surface area contributed by atoms with E-state index in [9.17, 15) is 4.79 Å². The molecule has 0 unspecified atom stereocenters. The Hall–Kier alpha value is -1.48. The lowest BCUT2D eigenvalue weighted by Crippen LogP contribution is -2.37. The van der Waals surface area contributed by atoms with Crippen molar-refractivity contribution in [2.24, 2.45) is 0 Å². The van der Waals surface area contributed by atoms with E-state index in [0.29, 0.717) is 12.5 Å². The van der Waals surface area contributed by atoms with Crippen LogP contribution in [0.15, 0.2) is 53.3 Å². The van der Waals surface area contributed by atoms with E-state index in [2.05, 4.69) is 41.9 Å². The topological polar surface area (TPSA) is 20.9 Å². The van der Waals surface area contributed by atoms with Gasteiger partial charge in [-0.3, -0.25) is 4.79 Å². The Labute approximate surface area is 122 Å². The molecule has 1 aromatic carbocycles. The molecule has 0 saturated heterocycles. The highest BCUT2D eigenvalue weighted by molar-refractivity contribution is 9.10. The number of hydrogen-bond donors (Lipinski definition) is 0. The van der Waals surface area contributed by atoms with Crippen molar-refractivity contribution in [2.75, 3.05) is 0 Å². The monoisotopic (exact) mass is 318 g/mol. The quantitative estimate of drug-likeness (QED) is 0.621. The maximum atomic E-state index is 12.1. The molecule has 0 saturated carbocycles. The van der Waals surface area contributed by atoms with Crippen molar-refractivity contribution in [3.8, 4) is 0 Å². The van der Waals surface area contributed by atoms with Gasteiger partial charge in [-0.05, 0) is 23.6 Å². The molecule has 0 bridgehead atoms. The van der Waals surface area contributed by atoms with Crippen molar-refractivity contribution in [3.05, 3.63) is 64.4 Å². The third-order valence-corrected chi connectivity index (χ3v) is 3.55. The highest BCUT2D eigenvalue weighted by Gasteiger charge is 2.12. The van der Waals surface area contributed by atoms with E-state index in [0.717, 1.165) is 10.0 Å². The van der Waals surface area contributed by atoms with Crippen molar-refractivity contribution in [2.45, 2.75) is 26.3 Å². The zero-order valence-electron chi connectivity index (χ0n) is 11.1. The van der Waals surface area contributed by atoms with E-state index in [4.69, 9.17) is 0 Å². The van der Waals surface area contributed by atoms with Crippen LogP contribution in [0, 0.1) is 0 Å². The van der Waals surface area contributed by atoms with Gasteiger partial charge in [0, 0.05) is 22.2 Å². The predicted octanol–water partition coefficient (Wildman–Crippen LogP) is 3.74. The Bertz CT molecular complexity index is 576. The summed E-state index contributed by atoms with van der Waals surface area (Å²) >= 11 is 3.38. The Morgan fingerprint density at radius 2 is 1.89 bits per heavy atom. The molecule has 1 aromatic heterocycles. The summed E-state index contributed by atoms with van der Waals surface area (Å²) in [6, 6.07) is 11.6. The lowest BCUT2D eigenvalue weighted by atomic mass is 10.1. The van der Waals surface area contributed by atoms with E-state index < -0.39 is 0 Å². The number of hydrogen-bond acceptors (Lipinski definition) is 1. The van der Waals surface area contributed by atoms with Crippen LogP contribution in [0.5, 0.6) is 0 Å². The second-order valence-electron chi connectivity index (χ2n) is 4.89. The number of Topliss-reactive ketones (excluding diaryl/α,β-unsaturated/α-hetero) is 1. The minimum absolute atomic E-state index is 0.114. The van der Waals surface area contributed by atoms with Crippen LogP contribution in [0.1, 0.15) is 35.7 Å². The summed E-state index contributed by atoms with van der Waals surface area (Å²) < 4.78 is 2.84. The number of halogens is 1. The van der Waals surface area contributed by atoms with Crippen LogP contribution in [0.3, 0.4) is 0 Å². The Morgan fingerprint density at radius 3 is 2.47 bits per heavy atom. The van der Waals surface area contributed by atoms with Crippen molar-refractivity contribution in [1.82, 2.24) is 0 Å². The Morgan fingerprint density at radius 1 is 1.21 bits per heavy atom. The third-order valence-electron chi connectivity index (χ3n) is 3.06. The molecule has 0 spiro atoms. The molecule has 2 rings (SSSR count). The minimum Gasteiger partial charge on any atom is -0.287 e. The lowest BCUT2D eigenvalue weighted by Gasteiger charge is -2.03. The van der Waals surface area contributed by atoms with E-state index >= 15 is 0 Å². The van der Waals surface area contributed by atoms with Crippen LogP contribution >= 0.6 is 15.9 Å². The van der Waals surface area contributed by atoms with Gasteiger partial charge in [0.05, 0.1) is 0 Å². The molecule has 0 aliphatic carbocycles. The van der Waals surface area contributed by atoms with E-state index in [1.54, 1.807) is 0 Å². The van der Waals surface area contributed by atoms with Crippen LogP contribution in [0.4, 0.5) is 0 Å². The summed E-state index contributed by atoms with van der Waals surface area (Å²) in [6.45, 7) is 4.69. The predicted molar refractivity (Wildman–Crippen MR) is 79.2 cm³/mol. The SMILES string of the molecule is CC(C)c1cc[n+](CC(=O)c2cccc(Br)c2)cc1. The molecule has 0 fully saturated rings. The Kier molecular flexibility index (Phi) is 4.48. The molecular weight excluding hydrogens is 302 g/mol. The zero-order valence-corrected chi connectivity index (χ0v) is 12.7. The number of carbonyl (C=O) groups excluding carboxylic acids is 1. The highest BCUT2D eigenvalue weighted by Crippen LogP contribution is 2.13. The molecule has 19 heavy (non-hydrogen) atoms. The molecule has 2 nitrogen and oxygen atoms in total. The van der Waals surface area contributed by atoms with Gasteiger partial charge >= 0.3 is 0 Å². The normalized spacial score (nSPS) is 10.7. The highest BCUT2D eigenvalue weighted by atomic mass is 79.9. The van der Waals surface area contributed by atoms with Crippen LogP contribution in [0.25, 0.3) is 0 Å². The summed E-state index contributed by atoms with van der Waals surface area (Å²) in [5.74, 6) is 0.624. The first kappa shape index (κ1) is 13.9. The maximum absolute atomic E-state index is 12.1. The molecule has 2 aromatic rings. The van der Waals surface area contributed by atoms with Gasteiger partial charge in [-0.1, -0.05) is 41.9 Å². The smallest absolute Gasteiger partial charge is 0.227 e. The molecule has 0 aliphatic rings. The maximum Gasteiger partial charge on any atom is 0.227 e. The fourth-order valence-electron chi connectivity index (χ4n) is 1.88. The van der Waals surface area contributed by atoms with Gasteiger partial charge in [0.15, 0.2) is 12.4 Å². The second kappa shape index (κ2) is 6.11. The Balaban J connectivity index is 2.10. The molecular formula is C16H17BrNO+. The van der Waals surface area contributed by atoms with E-state index in [1.165, 1.54) is 5.56 Å². The molecule has 0 amide bonds. The molecule has 0 aliphatic heterocycles. The average Bonchev–Trinajstić information content (AvgIpc) is 2.39. The average molecular weight is 319 g/mol. The van der Waals surface area contributed by atoms with E-state index in [-0.39, 0.29) is 5.78 Å². The lowest BCUT2D eigenvalue weighted by molar-refractivity contribution is -0.683. The van der Waals surface area contributed by atoms with Crippen molar-refractivity contribution in [1.29, 1.82) is 0 Å². The minimum atomic E-state index is 0.114. The van der Waals surface area contributed by atoms with Gasteiger partial charge in [-0.25, -0.2) is 0 Å². The van der Waals surface area contributed by atoms with Gasteiger partial charge < -0.3 is 0 Å². The van der Waals surface area contributed by atoms with Crippen LogP contribution in [0.2, 0.25) is 0 Å². The molecule has 0 N–H and O–H groups in total. The third kappa shape index (κ3) is 3.74. The molecule has 98 valence electrons. The number of aromatic nitrogens is 1. The van der Waals surface area contributed by atoms with Gasteiger partial charge in [0.2, 0.25) is 12.3 Å². The van der Waals surface area contributed by atoms with Crippen LogP contribution < -0.4 is 4.57 Å². The van der Waals surface area contributed by atoms with Gasteiger partial charge in [-0.2, -0.15) is 4.57 Å². The first-order valence-electron chi connectivity index (χ1n) is 6.34. The summed E-state index contributed by atoms with van der Waals surface area (Å²) in [4.78, 5) is 12.1. The van der Waals surface area contributed by atoms with Gasteiger partial charge in [-0.15, -0.1) is 0 Å². The van der Waals surface area contributed by atoms with Gasteiger partial charge in [0.25, 0.3) is 0 Å². The first-order valence-corrected chi connectivity index (χ1v) is 7.13. The second-order valence-corrected chi connectivity index (χ2v) is 5.81. The first-order chi connectivity index (χ1) is 9.06. The molecule has 3 heteroatoms. The number of rotatable bonds is 4. The number of carbonyl (C=O) groups is 1. The summed E-state index contributed by atoms with van der Waals surface area (Å²) in [5, 5.41) is 0. The van der Waals surface area contributed by atoms with Crippen molar-refractivity contribution < 1.29 is 9.36 Å². The standard InChI is InChI=1S/C16H17BrNO/c1-12(2)13-6-8-18(9-7-13)11-16(19)14-4-3-5-15(17)10-14/h3-10,12H,11H2,1-2H3/q+1. The van der Waals surface area contributed by atoms with Crippen LogP contribution in [-0.4, -0.2) is 5.78 Å². The van der Waals surface area contributed by atoms with E-state index in [1.807, 2.05) is 41.2 Å². The summed E-state index contributed by atoms with van der Waals surface area (Å²) in [6.07, 6.45) is 3.93. The van der Waals surface area contributed by atoms with Gasteiger partial charge in [0.1, 0.15) is 0 Å². The number of pyridine rings is 1. The largest absolute Gasteiger partial charge is 0.287 e. The summed E-state index contributed by atoms with van der Waals surface area (Å²) in [7, 11) is 0. The number of benzene rings is 1. The molecule has 1 heterocycles. The summed E-state index contributed by atoms with van der Waals surface area (Å²) in [5.41, 5.74) is 2.01. The van der Waals surface area contributed by atoms with Crippen molar-refractivity contribution >= 4 is 21.7 Å². The fraction of sp³-hybridized carbons (Fsp3) is 0.250. The molecule has 0 radical (unpaired) electrons.